The van der Waals surface area contributed by atoms with Crippen molar-refractivity contribution < 1.29 is 9.53 Å². The first-order valence-electron chi connectivity index (χ1n) is 7.70. The minimum atomic E-state index is -0.372. The van der Waals surface area contributed by atoms with Crippen molar-refractivity contribution in [3.05, 3.63) is 64.1 Å². The van der Waals surface area contributed by atoms with Crippen molar-refractivity contribution in [3.8, 4) is 22.4 Å². The lowest BCUT2D eigenvalue weighted by Gasteiger charge is -2.09. The Bertz CT molecular complexity index is 977. The topological polar surface area (TPSA) is 75.0 Å². The molecule has 0 unspecified atom stereocenters. The van der Waals surface area contributed by atoms with Gasteiger partial charge < -0.3 is 10.1 Å². The molecule has 130 valence electrons. The van der Waals surface area contributed by atoms with Gasteiger partial charge >= 0.3 is 0 Å². The van der Waals surface area contributed by atoms with Gasteiger partial charge in [0.05, 0.1) is 11.3 Å². The normalized spacial score (nSPS) is 10.2. The van der Waals surface area contributed by atoms with Crippen LogP contribution in [0.4, 0.5) is 5.69 Å². The molecule has 0 saturated carbocycles. The third-order valence-corrected chi connectivity index (χ3v) is 4.71. The molecule has 3 aromatic rings. The maximum atomic E-state index is 12.1. The van der Waals surface area contributed by atoms with E-state index in [4.69, 9.17) is 21.6 Å². The molecule has 5 nitrogen and oxygen atoms in total. The van der Waals surface area contributed by atoms with Crippen LogP contribution in [0.25, 0.3) is 10.6 Å². The van der Waals surface area contributed by atoms with Gasteiger partial charge in [-0.2, -0.15) is 5.26 Å². The molecule has 0 bridgehead atoms. The van der Waals surface area contributed by atoms with Crippen LogP contribution in [0.1, 0.15) is 11.3 Å². The van der Waals surface area contributed by atoms with Gasteiger partial charge in [0.15, 0.2) is 6.61 Å². The van der Waals surface area contributed by atoms with Gasteiger partial charge in [0.1, 0.15) is 16.8 Å². The number of hydrogen-bond donors (Lipinski definition) is 1. The van der Waals surface area contributed by atoms with Crippen molar-refractivity contribution in [3.63, 3.8) is 0 Å². The standard InChI is InChI=1S/C19H14ClN3O2S/c1-12-11-26-19(22-12)13-3-6-16(7-4-13)25-10-18(24)23-17-8-15(20)5-2-14(17)9-21/h2-8,11H,10H2,1H3,(H,23,24). The number of halogens is 1. The van der Waals surface area contributed by atoms with Crippen LogP contribution in [0, 0.1) is 18.3 Å². The highest BCUT2D eigenvalue weighted by Gasteiger charge is 2.09. The van der Waals surface area contributed by atoms with Crippen molar-refractivity contribution in [2.45, 2.75) is 6.92 Å². The number of benzene rings is 2. The Kier molecular flexibility index (Phi) is 5.52. The number of nitriles is 1. The summed E-state index contributed by atoms with van der Waals surface area (Å²) >= 11 is 7.48. The summed E-state index contributed by atoms with van der Waals surface area (Å²) in [6.45, 7) is 1.78. The average molecular weight is 384 g/mol. The first kappa shape index (κ1) is 17.9. The first-order valence-corrected chi connectivity index (χ1v) is 8.96. The Labute approximate surface area is 159 Å². The molecular weight excluding hydrogens is 370 g/mol. The van der Waals surface area contributed by atoms with E-state index in [1.165, 1.54) is 6.07 Å². The van der Waals surface area contributed by atoms with E-state index in [0.717, 1.165) is 16.3 Å². The number of carbonyl (C=O) groups excluding carboxylic acids is 1. The number of ether oxygens (including phenoxy) is 1. The van der Waals surface area contributed by atoms with Crippen LogP contribution in [-0.4, -0.2) is 17.5 Å². The van der Waals surface area contributed by atoms with Gasteiger partial charge in [-0.3, -0.25) is 4.79 Å². The van der Waals surface area contributed by atoms with Crippen molar-refractivity contribution in [1.82, 2.24) is 4.98 Å². The summed E-state index contributed by atoms with van der Waals surface area (Å²) in [5, 5.41) is 15.1. The molecule has 1 heterocycles. The van der Waals surface area contributed by atoms with Crippen LogP contribution in [0.5, 0.6) is 5.75 Å². The number of carbonyl (C=O) groups is 1. The lowest BCUT2D eigenvalue weighted by Crippen LogP contribution is -2.20. The highest BCUT2D eigenvalue weighted by Crippen LogP contribution is 2.25. The molecule has 0 aliphatic rings. The number of rotatable bonds is 5. The lowest BCUT2D eigenvalue weighted by atomic mass is 10.2. The Balaban J connectivity index is 1.60. The molecule has 26 heavy (non-hydrogen) atoms. The second kappa shape index (κ2) is 8.00. The van der Waals surface area contributed by atoms with E-state index in [9.17, 15) is 4.79 Å². The van der Waals surface area contributed by atoms with Crippen LogP contribution in [-0.2, 0) is 4.79 Å². The maximum absolute atomic E-state index is 12.1. The zero-order valence-corrected chi connectivity index (χ0v) is 15.4. The van der Waals surface area contributed by atoms with E-state index < -0.39 is 0 Å². The van der Waals surface area contributed by atoms with Gasteiger partial charge in [0, 0.05) is 21.7 Å². The van der Waals surface area contributed by atoms with Gasteiger partial charge in [-0.05, 0) is 49.4 Å². The van der Waals surface area contributed by atoms with E-state index in [0.29, 0.717) is 22.0 Å². The molecule has 1 N–H and O–H groups in total. The number of aryl methyl sites for hydroxylation is 1. The number of hydrogen-bond acceptors (Lipinski definition) is 5. The summed E-state index contributed by atoms with van der Waals surface area (Å²) in [6, 6.07) is 14.1. The third-order valence-electron chi connectivity index (χ3n) is 3.47. The average Bonchev–Trinajstić information content (AvgIpc) is 3.07. The Morgan fingerprint density at radius 2 is 2.08 bits per heavy atom. The fourth-order valence-corrected chi connectivity index (χ4v) is 3.21. The van der Waals surface area contributed by atoms with Crippen LogP contribution in [0.15, 0.2) is 47.8 Å². The van der Waals surface area contributed by atoms with E-state index in [1.54, 1.807) is 35.6 Å². The zero-order chi connectivity index (χ0) is 18.5. The molecule has 3 rings (SSSR count). The van der Waals surface area contributed by atoms with E-state index in [2.05, 4.69) is 10.3 Å². The van der Waals surface area contributed by atoms with Gasteiger partial charge in [0.25, 0.3) is 5.91 Å². The van der Waals surface area contributed by atoms with Gasteiger partial charge in [-0.25, -0.2) is 4.98 Å². The van der Waals surface area contributed by atoms with E-state index in [1.807, 2.05) is 30.5 Å². The second-order valence-corrected chi connectivity index (χ2v) is 6.75. The van der Waals surface area contributed by atoms with Crippen molar-refractivity contribution in [2.75, 3.05) is 11.9 Å². The predicted molar refractivity (Wildman–Crippen MR) is 103 cm³/mol. The Hall–Kier alpha value is -2.88. The molecule has 0 saturated heterocycles. The van der Waals surface area contributed by atoms with Crippen LogP contribution in [0.2, 0.25) is 5.02 Å². The highest BCUT2D eigenvalue weighted by atomic mass is 35.5. The SMILES string of the molecule is Cc1csc(-c2ccc(OCC(=O)Nc3cc(Cl)ccc3C#N)cc2)n1. The molecule has 7 heteroatoms. The van der Waals surface area contributed by atoms with E-state index in [-0.39, 0.29) is 12.5 Å². The number of nitrogens with zero attached hydrogens (tertiary/aromatic N) is 2. The lowest BCUT2D eigenvalue weighted by molar-refractivity contribution is -0.118. The second-order valence-electron chi connectivity index (χ2n) is 5.46. The maximum Gasteiger partial charge on any atom is 0.262 e. The van der Waals surface area contributed by atoms with Crippen molar-refractivity contribution >= 4 is 34.5 Å². The third kappa shape index (κ3) is 4.39. The summed E-state index contributed by atoms with van der Waals surface area (Å²) in [4.78, 5) is 16.5. The van der Waals surface area contributed by atoms with Gasteiger partial charge in [-0.15, -0.1) is 11.3 Å². The zero-order valence-electron chi connectivity index (χ0n) is 13.8. The minimum absolute atomic E-state index is 0.174. The van der Waals surface area contributed by atoms with Gasteiger partial charge in [0.2, 0.25) is 0 Å². The summed E-state index contributed by atoms with van der Waals surface area (Å²) in [7, 11) is 0. The molecule has 0 fully saturated rings. The molecule has 0 aliphatic carbocycles. The molecule has 1 aromatic heterocycles. The Morgan fingerprint density at radius 1 is 1.31 bits per heavy atom. The first-order chi connectivity index (χ1) is 12.5. The van der Waals surface area contributed by atoms with Gasteiger partial charge in [-0.1, -0.05) is 11.6 Å². The molecule has 0 radical (unpaired) electrons. The molecule has 0 aliphatic heterocycles. The quantitative estimate of drug-likeness (QED) is 0.695. The summed E-state index contributed by atoms with van der Waals surface area (Å²) in [5.41, 5.74) is 2.69. The van der Waals surface area contributed by atoms with Crippen LogP contribution < -0.4 is 10.1 Å². The molecule has 0 spiro atoms. The monoisotopic (exact) mass is 383 g/mol. The number of aromatic nitrogens is 1. The van der Waals surface area contributed by atoms with Crippen molar-refractivity contribution in [2.24, 2.45) is 0 Å². The van der Waals surface area contributed by atoms with Crippen LogP contribution in [0.3, 0.4) is 0 Å². The predicted octanol–water partition coefficient (Wildman–Crippen LogP) is 4.66. The fraction of sp³-hybridized carbons (Fsp3) is 0.105. The van der Waals surface area contributed by atoms with E-state index >= 15 is 0 Å². The summed E-state index contributed by atoms with van der Waals surface area (Å²) in [5.74, 6) is 0.201. The van der Waals surface area contributed by atoms with Crippen LogP contribution >= 0.6 is 22.9 Å². The molecule has 2 aromatic carbocycles. The largest absolute Gasteiger partial charge is 0.484 e. The number of anilines is 1. The molecular formula is C19H14ClN3O2S. The summed E-state index contributed by atoms with van der Waals surface area (Å²) in [6.07, 6.45) is 0. The number of nitrogens with one attached hydrogen (secondary N) is 1. The molecule has 0 atom stereocenters. The smallest absolute Gasteiger partial charge is 0.262 e. The van der Waals surface area contributed by atoms with Crippen molar-refractivity contribution in [1.29, 1.82) is 5.26 Å². The fourth-order valence-electron chi connectivity index (χ4n) is 2.23. The number of amides is 1. The Morgan fingerprint density at radius 3 is 2.73 bits per heavy atom. The minimum Gasteiger partial charge on any atom is -0.484 e. The highest BCUT2D eigenvalue weighted by molar-refractivity contribution is 7.13. The summed E-state index contributed by atoms with van der Waals surface area (Å²) < 4.78 is 5.49. The molecule has 1 amide bonds. The number of thiazole rings is 1.